The Bertz CT molecular complexity index is 919. The van der Waals surface area contributed by atoms with E-state index in [1.165, 1.54) is 5.57 Å². The molecule has 4 heteroatoms. The Hall–Kier alpha value is -0.870. The zero-order valence-electron chi connectivity index (χ0n) is 22.6. The first kappa shape index (κ1) is 24.8. The van der Waals surface area contributed by atoms with E-state index in [2.05, 4.69) is 47.6 Å². The number of allylic oxidation sites excluding steroid dienone is 1. The highest BCUT2D eigenvalue weighted by molar-refractivity contribution is 5.77. The van der Waals surface area contributed by atoms with Gasteiger partial charge in [0, 0.05) is 5.92 Å². The van der Waals surface area contributed by atoms with Gasteiger partial charge in [-0.3, -0.25) is 4.79 Å². The Morgan fingerprint density at radius 1 is 0.912 bits per heavy atom. The van der Waals surface area contributed by atoms with Gasteiger partial charge in [-0.25, -0.2) is 0 Å². The summed E-state index contributed by atoms with van der Waals surface area (Å²) in [5.74, 6) is 0.0848. The summed E-state index contributed by atoms with van der Waals surface area (Å²) in [5.41, 5.74) is -0.532. The van der Waals surface area contributed by atoms with Gasteiger partial charge in [-0.05, 0) is 104 Å². The summed E-state index contributed by atoms with van der Waals surface area (Å²) in [5, 5.41) is 33.3. The fourth-order valence-corrected chi connectivity index (χ4v) is 10.8. The molecular weight excluding hydrogens is 424 g/mol. The topological polar surface area (TPSA) is 77.8 Å². The third-order valence-electron chi connectivity index (χ3n) is 13.5. The van der Waals surface area contributed by atoms with Crippen LogP contribution in [0.3, 0.4) is 0 Å². The number of carboxylic acids is 1. The number of fused-ring (bicyclic) bond motifs is 7. The molecule has 5 aliphatic carbocycles. The Labute approximate surface area is 206 Å². The van der Waals surface area contributed by atoms with E-state index in [0.29, 0.717) is 24.7 Å². The predicted octanol–water partition coefficient (Wildman–Crippen LogP) is 6.20. The summed E-state index contributed by atoms with van der Waals surface area (Å²) in [4.78, 5) is 12.8. The van der Waals surface area contributed by atoms with E-state index in [0.717, 1.165) is 44.9 Å². The Morgan fingerprint density at radius 2 is 1.59 bits per heavy atom. The van der Waals surface area contributed by atoms with Crippen LogP contribution < -0.4 is 0 Å². The van der Waals surface area contributed by atoms with Gasteiger partial charge >= 0.3 is 5.97 Å². The number of rotatable bonds is 1. The molecule has 10 atom stereocenters. The molecule has 4 saturated carbocycles. The highest BCUT2D eigenvalue weighted by Crippen LogP contribution is 2.76. The van der Waals surface area contributed by atoms with E-state index in [1.54, 1.807) is 0 Å². The summed E-state index contributed by atoms with van der Waals surface area (Å²) in [6, 6.07) is 0. The minimum atomic E-state index is -1.01. The second-order valence-electron chi connectivity index (χ2n) is 14.7. The number of hydrogen-bond acceptors (Lipinski definition) is 3. The quantitative estimate of drug-likeness (QED) is 0.397. The summed E-state index contributed by atoms with van der Waals surface area (Å²) >= 11 is 0. The van der Waals surface area contributed by atoms with Gasteiger partial charge in [0.25, 0.3) is 0 Å². The van der Waals surface area contributed by atoms with Crippen molar-refractivity contribution in [3.8, 4) is 0 Å². The zero-order valence-corrected chi connectivity index (χ0v) is 22.6. The van der Waals surface area contributed by atoms with E-state index in [1.807, 2.05) is 6.92 Å². The number of hydrogen-bond donors (Lipinski definition) is 3. The standard InChI is InChI=1S/C30H48O4/c1-18-10-15-30(24(32)33)17-16-27(5)19(23(30)29(18,7)34)8-9-21-26(4)13-12-22(31)25(2,3)20(26)11-14-28(21,27)6/h8,18,20-23,31,34H,9-17H2,1-7H3,(H,32,33)/t18-,20-,21+,22-,23+,26-,27+,28+,29+,30-/m0/s1. The van der Waals surface area contributed by atoms with Crippen LogP contribution in [0.2, 0.25) is 0 Å². The fraction of sp³-hybridized carbons (Fsp3) is 0.900. The molecule has 0 spiro atoms. The SMILES string of the molecule is C[C@H]1CC[C@]2(C(=O)O)CC[C@]3(C)C(=CC[C@@H]4[C@@]5(C)CC[C@H](O)C(C)(C)[C@@H]5CC[C@]43C)[C@@H]2[C@]1(C)O. The van der Waals surface area contributed by atoms with Crippen LogP contribution in [0.5, 0.6) is 0 Å². The highest BCUT2D eigenvalue weighted by atomic mass is 16.4. The average molecular weight is 473 g/mol. The number of carboxylic acid groups (broad SMARTS) is 1. The Balaban J connectivity index is 1.64. The monoisotopic (exact) mass is 472 g/mol. The van der Waals surface area contributed by atoms with Gasteiger partial charge in [-0.2, -0.15) is 0 Å². The Kier molecular flexibility index (Phi) is 5.20. The van der Waals surface area contributed by atoms with Gasteiger partial charge in [-0.1, -0.05) is 53.2 Å². The maximum absolute atomic E-state index is 12.8. The lowest BCUT2D eigenvalue weighted by Gasteiger charge is -2.71. The van der Waals surface area contributed by atoms with Crippen LogP contribution in [0, 0.1) is 50.7 Å². The molecule has 34 heavy (non-hydrogen) atoms. The molecule has 0 bridgehead atoms. The fourth-order valence-electron chi connectivity index (χ4n) is 10.8. The normalized spacial score (nSPS) is 56.3. The van der Waals surface area contributed by atoms with Crippen molar-refractivity contribution in [1.82, 2.24) is 0 Å². The van der Waals surface area contributed by atoms with Crippen LogP contribution in [-0.4, -0.2) is 33.0 Å². The van der Waals surface area contributed by atoms with E-state index < -0.39 is 17.0 Å². The number of aliphatic hydroxyl groups excluding tert-OH is 1. The molecule has 3 N–H and O–H groups in total. The molecule has 0 saturated heterocycles. The number of aliphatic hydroxyl groups is 2. The minimum Gasteiger partial charge on any atom is -0.481 e. The third-order valence-corrected chi connectivity index (χ3v) is 13.5. The number of aliphatic carboxylic acids is 1. The van der Waals surface area contributed by atoms with Crippen molar-refractivity contribution in [1.29, 1.82) is 0 Å². The molecule has 0 aromatic heterocycles. The first-order valence-corrected chi connectivity index (χ1v) is 13.9. The van der Waals surface area contributed by atoms with Crippen molar-refractivity contribution in [3.05, 3.63) is 11.6 Å². The Morgan fingerprint density at radius 3 is 2.24 bits per heavy atom. The van der Waals surface area contributed by atoms with E-state index in [9.17, 15) is 20.1 Å². The lowest BCUT2D eigenvalue weighted by molar-refractivity contribution is -0.217. The first-order chi connectivity index (χ1) is 15.6. The predicted molar refractivity (Wildman–Crippen MR) is 134 cm³/mol. The van der Waals surface area contributed by atoms with Crippen LogP contribution in [0.1, 0.15) is 106 Å². The largest absolute Gasteiger partial charge is 0.481 e. The van der Waals surface area contributed by atoms with Gasteiger partial charge in [-0.15, -0.1) is 0 Å². The van der Waals surface area contributed by atoms with Gasteiger partial charge in [0.05, 0.1) is 17.1 Å². The molecule has 192 valence electrons. The average Bonchev–Trinajstić information content (AvgIpc) is 2.74. The molecule has 0 radical (unpaired) electrons. The summed E-state index contributed by atoms with van der Waals surface area (Å²) < 4.78 is 0. The lowest BCUT2D eigenvalue weighted by atomic mass is 9.33. The molecule has 0 unspecified atom stereocenters. The first-order valence-electron chi connectivity index (χ1n) is 13.9. The molecule has 5 aliphatic rings. The molecule has 4 fully saturated rings. The molecule has 0 aliphatic heterocycles. The molecular formula is C30H48O4. The van der Waals surface area contributed by atoms with Crippen LogP contribution >= 0.6 is 0 Å². The molecule has 0 amide bonds. The lowest BCUT2D eigenvalue weighted by Crippen LogP contribution is -2.67. The summed E-state index contributed by atoms with van der Waals surface area (Å²) in [6.45, 7) is 16.0. The van der Waals surface area contributed by atoms with E-state index in [4.69, 9.17) is 0 Å². The molecule has 0 aromatic rings. The smallest absolute Gasteiger partial charge is 0.310 e. The van der Waals surface area contributed by atoms with E-state index in [-0.39, 0.29) is 39.6 Å². The van der Waals surface area contributed by atoms with Crippen LogP contribution in [0.4, 0.5) is 0 Å². The maximum Gasteiger partial charge on any atom is 0.310 e. The third kappa shape index (κ3) is 2.71. The van der Waals surface area contributed by atoms with Crippen molar-refractivity contribution in [2.75, 3.05) is 0 Å². The molecule has 5 rings (SSSR count). The number of carbonyl (C=O) groups is 1. The summed E-state index contributed by atoms with van der Waals surface area (Å²) in [7, 11) is 0. The van der Waals surface area contributed by atoms with Gasteiger partial charge in [0.2, 0.25) is 0 Å². The van der Waals surface area contributed by atoms with Crippen molar-refractivity contribution >= 4 is 5.97 Å². The van der Waals surface area contributed by atoms with Crippen molar-refractivity contribution in [3.63, 3.8) is 0 Å². The zero-order chi connectivity index (χ0) is 25.1. The molecule has 4 nitrogen and oxygen atoms in total. The van der Waals surface area contributed by atoms with Crippen molar-refractivity contribution in [2.24, 2.45) is 50.7 Å². The maximum atomic E-state index is 12.8. The second-order valence-corrected chi connectivity index (χ2v) is 14.7. The highest BCUT2D eigenvalue weighted by Gasteiger charge is 2.71. The van der Waals surface area contributed by atoms with Crippen LogP contribution in [0.15, 0.2) is 11.6 Å². The van der Waals surface area contributed by atoms with Crippen LogP contribution in [-0.2, 0) is 4.79 Å². The summed E-state index contributed by atoms with van der Waals surface area (Å²) in [6.07, 6.45) is 10.3. The van der Waals surface area contributed by atoms with Gasteiger partial charge < -0.3 is 15.3 Å². The molecule has 0 aromatic carbocycles. The van der Waals surface area contributed by atoms with E-state index >= 15 is 0 Å². The van der Waals surface area contributed by atoms with Crippen molar-refractivity contribution < 1.29 is 20.1 Å². The second kappa shape index (κ2) is 7.12. The van der Waals surface area contributed by atoms with Crippen molar-refractivity contribution in [2.45, 2.75) is 118 Å². The van der Waals surface area contributed by atoms with Gasteiger partial charge in [0.1, 0.15) is 0 Å². The minimum absolute atomic E-state index is 0.0716. The molecule has 0 heterocycles. The van der Waals surface area contributed by atoms with Gasteiger partial charge in [0.15, 0.2) is 0 Å². The van der Waals surface area contributed by atoms with Crippen LogP contribution in [0.25, 0.3) is 0 Å².